The van der Waals surface area contributed by atoms with Crippen molar-refractivity contribution in [1.29, 1.82) is 0 Å². The van der Waals surface area contributed by atoms with E-state index < -0.39 is 24.0 Å². The number of hydrogen-bond acceptors (Lipinski definition) is 8. The van der Waals surface area contributed by atoms with Gasteiger partial charge < -0.3 is 20.1 Å². The normalized spacial score (nSPS) is 12.9. The van der Waals surface area contributed by atoms with Gasteiger partial charge in [0.05, 0.1) is 7.11 Å². The van der Waals surface area contributed by atoms with E-state index in [-0.39, 0.29) is 31.3 Å². The van der Waals surface area contributed by atoms with Gasteiger partial charge in [0.2, 0.25) is 5.91 Å². The molecule has 1 atom stereocenters. The summed E-state index contributed by atoms with van der Waals surface area (Å²) < 4.78 is 10.0. The number of hydrogen-bond donors (Lipinski definition) is 3. The second-order valence-electron chi connectivity index (χ2n) is 7.35. The summed E-state index contributed by atoms with van der Waals surface area (Å²) in [5.74, 6) is -1.14. The summed E-state index contributed by atoms with van der Waals surface area (Å²) in [4.78, 5) is 36.5. The number of carbonyl (C=O) groups is 3. The largest absolute Gasteiger partial charge is 0.468 e. The fourth-order valence-electron chi connectivity index (χ4n) is 3.80. The van der Waals surface area contributed by atoms with Crippen molar-refractivity contribution in [1.82, 2.24) is 31.3 Å². The van der Waals surface area contributed by atoms with E-state index in [0.717, 1.165) is 22.3 Å². The Morgan fingerprint density at radius 3 is 2.33 bits per heavy atom. The molecule has 170 valence electrons. The van der Waals surface area contributed by atoms with Crippen molar-refractivity contribution in [2.75, 3.05) is 20.3 Å². The van der Waals surface area contributed by atoms with Crippen molar-refractivity contribution >= 4 is 18.0 Å². The van der Waals surface area contributed by atoms with Crippen LogP contribution in [0.4, 0.5) is 4.79 Å². The number of methoxy groups -OCH3 is 1. The highest BCUT2D eigenvalue weighted by Gasteiger charge is 2.30. The number of nitrogens with zero attached hydrogens (tertiary/aromatic N) is 3. The third kappa shape index (κ3) is 4.97. The summed E-state index contributed by atoms with van der Waals surface area (Å²) in [6.45, 7) is -0.247. The lowest BCUT2D eigenvalue weighted by atomic mass is 9.98. The van der Waals surface area contributed by atoms with Crippen LogP contribution in [0.25, 0.3) is 11.1 Å². The Bertz CT molecular complexity index is 1100. The van der Waals surface area contributed by atoms with Gasteiger partial charge in [-0.05, 0) is 22.3 Å². The molecule has 0 saturated carbocycles. The number of H-pyrrole nitrogens is 1. The lowest BCUT2D eigenvalue weighted by molar-refractivity contribution is -0.141. The molecule has 11 heteroatoms. The molecule has 3 N–H and O–H groups in total. The summed E-state index contributed by atoms with van der Waals surface area (Å²) in [5, 5.41) is 18.3. The number of amides is 2. The lowest BCUT2D eigenvalue weighted by Gasteiger charge is -2.18. The van der Waals surface area contributed by atoms with E-state index >= 15 is 0 Å². The summed E-state index contributed by atoms with van der Waals surface area (Å²) in [5.41, 5.74) is 4.37. The van der Waals surface area contributed by atoms with Crippen LogP contribution in [0.5, 0.6) is 0 Å². The monoisotopic (exact) mass is 450 g/mol. The van der Waals surface area contributed by atoms with Gasteiger partial charge >= 0.3 is 12.1 Å². The van der Waals surface area contributed by atoms with Gasteiger partial charge in [-0.2, -0.15) is 5.21 Å². The molecule has 1 aromatic heterocycles. The van der Waals surface area contributed by atoms with Crippen LogP contribution in [-0.2, 0) is 25.5 Å². The standard InChI is InChI=1S/C22H22N6O5/c1-32-20(29)11-23-21(30)18(10-19-25-27-28-26-19)24-22(31)33-12-17-15-8-4-2-6-13(15)14-7-3-5-9-16(14)17/h2-9,17-18H,10-12H2,1H3,(H,23,30)(H,24,31)(H,25,26,27,28)/t18-/m0/s1. The van der Waals surface area contributed by atoms with Gasteiger partial charge in [-0.15, -0.1) is 10.2 Å². The average Bonchev–Trinajstić information content (AvgIpc) is 3.46. The molecule has 1 heterocycles. The number of aromatic amines is 1. The van der Waals surface area contributed by atoms with Crippen LogP contribution in [0, 0.1) is 0 Å². The van der Waals surface area contributed by atoms with E-state index in [0.29, 0.717) is 0 Å². The van der Waals surface area contributed by atoms with Crippen LogP contribution in [0.2, 0.25) is 0 Å². The Morgan fingerprint density at radius 2 is 1.73 bits per heavy atom. The van der Waals surface area contributed by atoms with Crippen molar-refractivity contribution in [3.63, 3.8) is 0 Å². The number of nitrogens with one attached hydrogen (secondary N) is 3. The molecular formula is C22H22N6O5. The number of carbonyl (C=O) groups excluding carboxylic acids is 3. The Kier molecular flexibility index (Phi) is 6.58. The lowest BCUT2D eigenvalue weighted by Crippen LogP contribution is -2.49. The highest BCUT2D eigenvalue weighted by atomic mass is 16.5. The van der Waals surface area contributed by atoms with Gasteiger partial charge in [-0.1, -0.05) is 53.7 Å². The van der Waals surface area contributed by atoms with Gasteiger partial charge in [0.25, 0.3) is 0 Å². The zero-order chi connectivity index (χ0) is 23.2. The molecule has 0 radical (unpaired) electrons. The van der Waals surface area contributed by atoms with Gasteiger partial charge in [0.15, 0.2) is 5.82 Å². The molecule has 11 nitrogen and oxygen atoms in total. The van der Waals surface area contributed by atoms with Gasteiger partial charge in [0, 0.05) is 12.3 Å². The molecule has 0 aliphatic heterocycles. The van der Waals surface area contributed by atoms with E-state index in [1.807, 2.05) is 48.5 Å². The van der Waals surface area contributed by atoms with Crippen molar-refractivity contribution < 1.29 is 23.9 Å². The Morgan fingerprint density at radius 1 is 1.06 bits per heavy atom. The second-order valence-corrected chi connectivity index (χ2v) is 7.35. The number of benzene rings is 2. The van der Waals surface area contributed by atoms with Gasteiger partial charge in [0.1, 0.15) is 19.2 Å². The molecule has 2 amide bonds. The molecule has 3 aromatic rings. The number of tetrazole rings is 1. The first-order chi connectivity index (χ1) is 16.1. The van der Waals surface area contributed by atoms with Crippen molar-refractivity contribution in [3.8, 4) is 11.1 Å². The molecule has 1 aliphatic rings. The van der Waals surface area contributed by atoms with Crippen LogP contribution < -0.4 is 10.6 Å². The molecule has 2 aromatic carbocycles. The van der Waals surface area contributed by atoms with E-state index in [2.05, 4.69) is 36.0 Å². The summed E-state index contributed by atoms with van der Waals surface area (Å²) in [6.07, 6.45) is -0.827. The Hall–Kier alpha value is -4.28. The van der Waals surface area contributed by atoms with E-state index in [4.69, 9.17) is 4.74 Å². The van der Waals surface area contributed by atoms with Crippen LogP contribution in [0.15, 0.2) is 48.5 Å². The zero-order valence-electron chi connectivity index (χ0n) is 17.8. The summed E-state index contributed by atoms with van der Waals surface area (Å²) >= 11 is 0. The van der Waals surface area contributed by atoms with Crippen molar-refractivity contribution in [2.45, 2.75) is 18.4 Å². The quantitative estimate of drug-likeness (QED) is 0.430. The van der Waals surface area contributed by atoms with Crippen LogP contribution >= 0.6 is 0 Å². The summed E-state index contributed by atoms with van der Waals surface area (Å²) in [6, 6.07) is 14.9. The van der Waals surface area contributed by atoms with Crippen molar-refractivity contribution in [2.24, 2.45) is 0 Å². The van der Waals surface area contributed by atoms with Crippen molar-refractivity contribution in [3.05, 3.63) is 65.5 Å². The van der Waals surface area contributed by atoms with E-state index in [9.17, 15) is 14.4 Å². The zero-order valence-corrected chi connectivity index (χ0v) is 17.8. The smallest absolute Gasteiger partial charge is 0.407 e. The maximum Gasteiger partial charge on any atom is 0.407 e. The predicted molar refractivity (Wildman–Crippen MR) is 115 cm³/mol. The SMILES string of the molecule is COC(=O)CNC(=O)[C@H](Cc1nn[nH]n1)NC(=O)OCC1c2ccccc2-c2ccccc21. The number of esters is 1. The molecule has 0 unspecified atom stereocenters. The van der Waals surface area contributed by atoms with Crippen LogP contribution in [0.3, 0.4) is 0 Å². The molecule has 4 rings (SSSR count). The van der Waals surface area contributed by atoms with Crippen LogP contribution in [-0.4, -0.2) is 64.9 Å². The minimum Gasteiger partial charge on any atom is -0.468 e. The molecule has 0 bridgehead atoms. The number of ether oxygens (including phenoxy) is 2. The fraction of sp³-hybridized carbons (Fsp3) is 0.273. The predicted octanol–water partition coefficient (Wildman–Crippen LogP) is 0.939. The summed E-state index contributed by atoms with van der Waals surface area (Å²) in [7, 11) is 1.21. The van der Waals surface area contributed by atoms with E-state index in [1.165, 1.54) is 7.11 Å². The number of fused-ring (bicyclic) bond motifs is 3. The third-order valence-electron chi connectivity index (χ3n) is 5.36. The molecule has 0 spiro atoms. The molecular weight excluding hydrogens is 428 g/mol. The molecule has 0 saturated heterocycles. The first-order valence-corrected chi connectivity index (χ1v) is 10.2. The first kappa shape index (κ1) is 21.9. The molecule has 0 fully saturated rings. The number of alkyl carbamates (subject to hydrolysis) is 1. The topological polar surface area (TPSA) is 148 Å². The Labute approximate surface area is 188 Å². The molecule has 1 aliphatic carbocycles. The average molecular weight is 450 g/mol. The second kappa shape index (κ2) is 9.90. The van der Waals surface area contributed by atoms with Gasteiger partial charge in [-0.25, -0.2) is 4.79 Å². The third-order valence-corrected chi connectivity index (χ3v) is 5.36. The molecule has 33 heavy (non-hydrogen) atoms. The maximum atomic E-state index is 12.6. The fourth-order valence-corrected chi connectivity index (χ4v) is 3.80. The Balaban J connectivity index is 1.42. The number of aromatic nitrogens is 4. The first-order valence-electron chi connectivity index (χ1n) is 10.2. The number of rotatable bonds is 8. The minimum atomic E-state index is -1.08. The highest BCUT2D eigenvalue weighted by Crippen LogP contribution is 2.44. The highest BCUT2D eigenvalue weighted by molar-refractivity contribution is 5.88. The van der Waals surface area contributed by atoms with Crippen LogP contribution in [0.1, 0.15) is 22.9 Å². The van der Waals surface area contributed by atoms with Gasteiger partial charge in [-0.3, -0.25) is 9.59 Å². The minimum absolute atomic E-state index is 0.0479. The van der Waals surface area contributed by atoms with E-state index in [1.54, 1.807) is 0 Å². The maximum absolute atomic E-state index is 12.6.